The van der Waals surface area contributed by atoms with E-state index in [1.165, 1.54) is 76.2 Å². The summed E-state index contributed by atoms with van der Waals surface area (Å²) < 4.78 is 0. The Labute approximate surface area is 231 Å². The Morgan fingerprint density at radius 1 is 0.750 bits per heavy atom. The monoisotopic (exact) mass is 505 g/mol. The molecule has 0 N–H and O–H groups in total. The largest absolute Gasteiger partial charge is 0.106 e. The maximum Gasteiger partial charge on any atom is -0.0140 e. The molecular weight excluding hydrogens is 432 g/mol. The molecule has 36 heavy (non-hydrogen) atoms. The lowest BCUT2D eigenvalue weighted by Gasteiger charge is -2.32. The molecule has 0 aromatic carbocycles. The van der Waals surface area contributed by atoms with Crippen LogP contribution in [-0.2, 0) is 0 Å². The molecule has 0 heterocycles. The lowest BCUT2D eigenvalue weighted by Crippen LogP contribution is -2.20. The molecule has 0 nitrogen and oxygen atoms in total. The van der Waals surface area contributed by atoms with E-state index in [1.54, 1.807) is 5.57 Å². The van der Waals surface area contributed by atoms with Gasteiger partial charge >= 0.3 is 0 Å². The van der Waals surface area contributed by atoms with Gasteiger partial charge in [0.15, 0.2) is 0 Å². The molecule has 216 valence electrons. The van der Waals surface area contributed by atoms with Crippen LogP contribution < -0.4 is 0 Å². The first-order valence-electron chi connectivity index (χ1n) is 15.9. The van der Waals surface area contributed by atoms with Crippen molar-refractivity contribution in [2.45, 2.75) is 161 Å². The highest BCUT2D eigenvalue weighted by Crippen LogP contribution is 2.38. The van der Waals surface area contributed by atoms with Crippen LogP contribution in [0.15, 0.2) is 36.5 Å². The van der Waals surface area contributed by atoms with Gasteiger partial charge in [0.05, 0.1) is 0 Å². The predicted molar refractivity (Wildman–Crippen MR) is 172 cm³/mol. The topological polar surface area (TPSA) is 0 Å². The molecule has 0 heteroatoms. The van der Waals surface area contributed by atoms with E-state index in [1.807, 2.05) is 27.7 Å². The first-order chi connectivity index (χ1) is 17.0. The van der Waals surface area contributed by atoms with E-state index in [4.69, 9.17) is 0 Å². The average molecular weight is 505 g/mol. The Hall–Kier alpha value is -0.780. The highest BCUT2D eigenvalue weighted by Gasteiger charge is 2.25. The third-order valence-corrected chi connectivity index (χ3v) is 8.02. The van der Waals surface area contributed by atoms with Gasteiger partial charge in [0, 0.05) is 0 Å². The van der Waals surface area contributed by atoms with Crippen LogP contribution in [-0.4, -0.2) is 0 Å². The van der Waals surface area contributed by atoms with Gasteiger partial charge in [-0.25, -0.2) is 0 Å². The van der Waals surface area contributed by atoms with E-state index in [2.05, 4.69) is 87.6 Å². The van der Waals surface area contributed by atoms with Crippen molar-refractivity contribution in [3.63, 3.8) is 0 Å². The van der Waals surface area contributed by atoms with Crippen LogP contribution in [0.5, 0.6) is 0 Å². The fourth-order valence-corrected chi connectivity index (χ4v) is 5.31. The second kappa shape index (κ2) is 24.6. The second-order valence-electron chi connectivity index (χ2n) is 12.3. The molecule has 0 aromatic rings. The number of hydrogen-bond donors (Lipinski definition) is 0. The van der Waals surface area contributed by atoms with Gasteiger partial charge in [0.1, 0.15) is 0 Å². The number of allylic oxidation sites excluding steroid dienone is 4. The van der Waals surface area contributed by atoms with Gasteiger partial charge in [-0.2, -0.15) is 0 Å². The summed E-state index contributed by atoms with van der Waals surface area (Å²) in [7, 11) is 0. The third kappa shape index (κ3) is 20.3. The summed E-state index contributed by atoms with van der Waals surface area (Å²) in [6, 6.07) is 0. The zero-order valence-corrected chi connectivity index (χ0v) is 27.7. The van der Waals surface area contributed by atoms with Crippen molar-refractivity contribution in [3.8, 4) is 0 Å². The predicted octanol–water partition coefficient (Wildman–Crippen LogP) is 13.2. The van der Waals surface area contributed by atoms with Crippen molar-refractivity contribution in [2.75, 3.05) is 0 Å². The minimum absolute atomic E-state index is 0.486. The van der Waals surface area contributed by atoms with Crippen molar-refractivity contribution in [2.24, 2.45) is 35.0 Å². The first-order valence-corrected chi connectivity index (χ1v) is 15.9. The van der Waals surface area contributed by atoms with Gasteiger partial charge in [-0.05, 0) is 68.1 Å². The van der Waals surface area contributed by atoms with Crippen molar-refractivity contribution in [1.29, 1.82) is 0 Å². The lowest BCUT2D eigenvalue weighted by atomic mass is 9.73. The molecule has 4 atom stereocenters. The van der Waals surface area contributed by atoms with Crippen molar-refractivity contribution in [3.05, 3.63) is 36.5 Å². The fourth-order valence-electron chi connectivity index (χ4n) is 5.31. The summed E-state index contributed by atoms with van der Waals surface area (Å²) in [6.07, 6.45) is 20.3. The molecule has 0 saturated carbocycles. The Kier molecular flexibility index (Phi) is 27.1. The van der Waals surface area contributed by atoms with Gasteiger partial charge in [-0.1, -0.05) is 151 Å². The SMILES string of the molecule is C=C.CC.CC.CC1=C(C)C(CCC(C)(C)CCCC(C)CCCC(C)CCCC(C)C)C(C)C=C1. The van der Waals surface area contributed by atoms with Gasteiger partial charge in [0.2, 0.25) is 0 Å². The molecule has 0 amide bonds. The molecule has 1 rings (SSSR count). The zero-order valence-electron chi connectivity index (χ0n) is 27.7. The summed E-state index contributed by atoms with van der Waals surface area (Å²) in [6.45, 7) is 35.7. The number of rotatable bonds is 15. The summed E-state index contributed by atoms with van der Waals surface area (Å²) in [5, 5.41) is 0. The van der Waals surface area contributed by atoms with Gasteiger partial charge in [-0.3, -0.25) is 0 Å². The van der Waals surface area contributed by atoms with Gasteiger partial charge < -0.3 is 0 Å². The van der Waals surface area contributed by atoms with Crippen LogP contribution in [0, 0.1) is 35.0 Å². The Morgan fingerprint density at radius 3 is 1.67 bits per heavy atom. The van der Waals surface area contributed by atoms with E-state index < -0.39 is 0 Å². The van der Waals surface area contributed by atoms with E-state index in [0.29, 0.717) is 11.3 Å². The Bertz CT molecular complexity index is 532. The average Bonchev–Trinajstić information content (AvgIpc) is 2.85. The van der Waals surface area contributed by atoms with Crippen molar-refractivity contribution < 1.29 is 0 Å². The van der Waals surface area contributed by atoms with Crippen molar-refractivity contribution in [1.82, 2.24) is 0 Å². The smallest absolute Gasteiger partial charge is 0.0140 e. The van der Waals surface area contributed by atoms with Crippen LogP contribution in [0.3, 0.4) is 0 Å². The molecule has 0 radical (unpaired) electrons. The molecule has 1 aliphatic rings. The molecule has 1 aliphatic carbocycles. The quantitative estimate of drug-likeness (QED) is 0.194. The molecule has 0 aliphatic heterocycles. The number of hydrogen-bond acceptors (Lipinski definition) is 0. The van der Waals surface area contributed by atoms with E-state index >= 15 is 0 Å². The van der Waals surface area contributed by atoms with Crippen LogP contribution in [0.25, 0.3) is 0 Å². The molecule has 0 saturated heterocycles. The third-order valence-electron chi connectivity index (χ3n) is 8.02. The maximum atomic E-state index is 3.00. The second-order valence-corrected chi connectivity index (χ2v) is 12.3. The van der Waals surface area contributed by atoms with Crippen LogP contribution in [0.1, 0.15) is 161 Å². The first kappa shape index (κ1) is 39.7. The molecule has 4 unspecified atom stereocenters. The van der Waals surface area contributed by atoms with Gasteiger partial charge in [0.25, 0.3) is 0 Å². The van der Waals surface area contributed by atoms with E-state index in [-0.39, 0.29) is 0 Å². The molecule has 0 spiro atoms. The summed E-state index contributed by atoms with van der Waals surface area (Å²) >= 11 is 0. The highest BCUT2D eigenvalue weighted by atomic mass is 14.3. The van der Waals surface area contributed by atoms with Crippen LogP contribution in [0.2, 0.25) is 0 Å². The Balaban J connectivity index is -0.00000168. The molecule has 0 aromatic heterocycles. The molecular formula is C36H72. The standard InChI is InChI=1S/C30H56.2C2H6.C2H4/c1-23(2)13-10-14-24(3)15-11-16-25(4)17-12-21-30(8,9)22-20-29-27(6)19-18-26(5)28(29)7;3*1-2/h18-19,23-25,27,29H,10-17,20-22H2,1-9H3;2*1-2H3;1-2H2. The Morgan fingerprint density at radius 2 is 1.19 bits per heavy atom. The summed E-state index contributed by atoms with van der Waals surface area (Å²) in [4.78, 5) is 0. The molecule has 0 fully saturated rings. The molecule has 0 bridgehead atoms. The van der Waals surface area contributed by atoms with E-state index in [9.17, 15) is 0 Å². The van der Waals surface area contributed by atoms with E-state index in [0.717, 1.165) is 23.7 Å². The fraction of sp³-hybridized carbons (Fsp3) is 0.833. The summed E-state index contributed by atoms with van der Waals surface area (Å²) in [5.74, 6) is 4.16. The minimum atomic E-state index is 0.486. The summed E-state index contributed by atoms with van der Waals surface area (Å²) in [5.41, 5.74) is 3.62. The highest BCUT2D eigenvalue weighted by molar-refractivity contribution is 5.29. The lowest BCUT2D eigenvalue weighted by molar-refractivity contribution is 0.252. The van der Waals surface area contributed by atoms with Crippen molar-refractivity contribution >= 4 is 0 Å². The maximum absolute atomic E-state index is 3.00. The normalized spacial score (nSPS) is 18.8. The van der Waals surface area contributed by atoms with Crippen LogP contribution in [0.4, 0.5) is 0 Å². The minimum Gasteiger partial charge on any atom is -0.106 e. The van der Waals surface area contributed by atoms with Gasteiger partial charge in [-0.15, -0.1) is 13.2 Å². The van der Waals surface area contributed by atoms with Crippen LogP contribution >= 0.6 is 0 Å². The zero-order chi connectivity index (χ0) is 28.7.